The molecule has 0 saturated heterocycles. The molecule has 124 valence electrons. The molecule has 0 saturated carbocycles. The SMILES string of the molecule is CCOc1ccc(-c2nc(C)c(C(=O)N(CC)CCO)s2)cc1. The molecule has 0 radical (unpaired) electrons. The molecule has 0 aliphatic carbocycles. The molecule has 0 unspecified atom stereocenters. The van der Waals surface area contributed by atoms with Gasteiger partial charge in [-0.25, -0.2) is 4.98 Å². The minimum Gasteiger partial charge on any atom is -0.494 e. The van der Waals surface area contributed by atoms with E-state index < -0.39 is 0 Å². The standard InChI is InChI=1S/C17H22N2O3S/c1-4-19(10-11-20)17(21)15-12(3)18-16(23-15)13-6-8-14(9-7-13)22-5-2/h6-9,20H,4-5,10-11H2,1-3H3. The van der Waals surface area contributed by atoms with Crippen LogP contribution in [0.3, 0.4) is 0 Å². The molecule has 0 aliphatic rings. The fourth-order valence-electron chi connectivity index (χ4n) is 2.25. The number of thiazole rings is 1. The van der Waals surface area contributed by atoms with Crippen LogP contribution >= 0.6 is 11.3 Å². The Morgan fingerprint density at radius 2 is 2.00 bits per heavy atom. The summed E-state index contributed by atoms with van der Waals surface area (Å²) < 4.78 is 5.44. The summed E-state index contributed by atoms with van der Waals surface area (Å²) >= 11 is 1.38. The predicted molar refractivity (Wildman–Crippen MR) is 92.1 cm³/mol. The van der Waals surface area contributed by atoms with Crippen molar-refractivity contribution in [3.05, 3.63) is 34.8 Å². The number of carbonyl (C=O) groups is 1. The van der Waals surface area contributed by atoms with Gasteiger partial charge in [0.15, 0.2) is 0 Å². The van der Waals surface area contributed by atoms with E-state index in [4.69, 9.17) is 9.84 Å². The summed E-state index contributed by atoms with van der Waals surface area (Å²) in [5, 5.41) is 9.88. The van der Waals surface area contributed by atoms with Gasteiger partial charge >= 0.3 is 0 Å². The normalized spacial score (nSPS) is 10.6. The average molecular weight is 334 g/mol. The van der Waals surface area contributed by atoms with Crippen LogP contribution in [-0.4, -0.2) is 47.2 Å². The monoisotopic (exact) mass is 334 g/mol. The first-order valence-electron chi connectivity index (χ1n) is 7.71. The minimum atomic E-state index is -0.0752. The lowest BCUT2D eigenvalue weighted by molar-refractivity contribution is 0.0736. The molecule has 2 rings (SSSR count). The van der Waals surface area contributed by atoms with Crippen molar-refractivity contribution >= 4 is 17.2 Å². The maximum absolute atomic E-state index is 12.5. The molecule has 23 heavy (non-hydrogen) atoms. The quantitative estimate of drug-likeness (QED) is 0.845. The van der Waals surface area contributed by atoms with Gasteiger partial charge in [0.05, 0.1) is 18.9 Å². The molecular weight excluding hydrogens is 312 g/mol. The van der Waals surface area contributed by atoms with E-state index in [-0.39, 0.29) is 12.5 Å². The molecule has 2 aromatic rings. The fraction of sp³-hybridized carbons (Fsp3) is 0.412. The van der Waals surface area contributed by atoms with Crippen molar-refractivity contribution in [1.82, 2.24) is 9.88 Å². The molecular formula is C17H22N2O3S. The second-order valence-electron chi connectivity index (χ2n) is 5.00. The maximum atomic E-state index is 12.5. The highest BCUT2D eigenvalue weighted by Gasteiger charge is 2.20. The van der Waals surface area contributed by atoms with Gasteiger partial charge in [-0.3, -0.25) is 4.79 Å². The summed E-state index contributed by atoms with van der Waals surface area (Å²) in [6.45, 7) is 7.18. The summed E-state index contributed by atoms with van der Waals surface area (Å²) in [5.74, 6) is 0.745. The smallest absolute Gasteiger partial charge is 0.265 e. The van der Waals surface area contributed by atoms with Gasteiger partial charge in [-0.15, -0.1) is 11.3 Å². The van der Waals surface area contributed by atoms with Gasteiger partial charge < -0.3 is 14.7 Å². The number of aliphatic hydroxyl groups excluding tert-OH is 1. The van der Waals surface area contributed by atoms with Gasteiger partial charge in [-0.05, 0) is 45.0 Å². The van der Waals surface area contributed by atoms with Gasteiger partial charge in [-0.2, -0.15) is 0 Å². The molecule has 1 N–H and O–H groups in total. The lowest BCUT2D eigenvalue weighted by Gasteiger charge is -2.18. The molecule has 5 nitrogen and oxygen atoms in total. The predicted octanol–water partition coefficient (Wildman–Crippen LogP) is 2.97. The lowest BCUT2D eigenvalue weighted by atomic mass is 10.2. The molecule has 6 heteroatoms. The third-order valence-electron chi connectivity index (χ3n) is 3.44. The number of benzene rings is 1. The van der Waals surface area contributed by atoms with Crippen LogP contribution in [0, 0.1) is 6.92 Å². The maximum Gasteiger partial charge on any atom is 0.265 e. The van der Waals surface area contributed by atoms with Crippen molar-refractivity contribution < 1.29 is 14.6 Å². The molecule has 0 aliphatic heterocycles. The topological polar surface area (TPSA) is 62.7 Å². The van der Waals surface area contributed by atoms with Crippen LogP contribution in [-0.2, 0) is 0 Å². The Morgan fingerprint density at radius 1 is 1.30 bits per heavy atom. The number of amides is 1. The van der Waals surface area contributed by atoms with Crippen molar-refractivity contribution in [2.45, 2.75) is 20.8 Å². The van der Waals surface area contributed by atoms with E-state index in [1.165, 1.54) is 11.3 Å². The molecule has 0 bridgehead atoms. The van der Waals surface area contributed by atoms with Gasteiger partial charge in [0, 0.05) is 18.7 Å². The van der Waals surface area contributed by atoms with Gasteiger partial charge in [0.2, 0.25) is 0 Å². The summed E-state index contributed by atoms with van der Waals surface area (Å²) in [6.07, 6.45) is 0. The molecule has 0 atom stereocenters. The Labute approximate surface area is 140 Å². The van der Waals surface area contributed by atoms with Crippen LogP contribution in [0.5, 0.6) is 5.75 Å². The summed E-state index contributed by atoms with van der Waals surface area (Å²) in [6, 6.07) is 7.70. The van der Waals surface area contributed by atoms with Crippen molar-refractivity contribution in [3.8, 4) is 16.3 Å². The Hall–Kier alpha value is -1.92. The first kappa shape index (κ1) is 17.4. The second-order valence-corrected chi connectivity index (χ2v) is 6.00. The van der Waals surface area contributed by atoms with E-state index in [2.05, 4.69) is 4.98 Å². The number of likely N-dealkylation sites (N-methyl/N-ethyl adjacent to an activating group) is 1. The molecule has 1 aromatic heterocycles. The summed E-state index contributed by atoms with van der Waals surface area (Å²) in [7, 11) is 0. The van der Waals surface area contributed by atoms with Gasteiger partial charge in [0.1, 0.15) is 15.6 Å². The van der Waals surface area contributed by atoms with E-state index in [1.807, 2.05) is 45.0 Å². The Balaban J connectivity index is 2.24. The first-order chi connectivity index (χ1) is 11.1. The molecule has 1 amide bonds. The summed E-state index contributed by atoms with van der Waals surface area (Å²) in [5.41, 5.74) is 1.69. The van der Waals surface area contributed by atoms with E-state index in [1.54, 1.807) is 4.90 Å². The lowest BCUT2D eigenvalue weighted by Crippen LogP contribution is -2.33. The number of aromatic nitrogens is 1. The first-order valence-corrected chi connectivity index (χ1v) is 8.53. The highest BCUT2D eigenvalue weighted by Crippen LogP contribution is 2.30. The van der Waals surface area contributed by atoms with Crippen LogP contribution in [0.25, 0.3) is 10.6 Å². The van der Waals surface area contributed by atoms with Crippen LogP contribution in [0.15, 0.2) is 24.3 Å². The van der Waals surface area contributed by atoms with Gasteiger partial charge in [-0.1, -0.05) is 0 Å². The van der Waals surface area contributed by atoms with Crippen LogP contribution < -0.4 is 4.74 Å². The van der Waals surface area contributed by atoms with Crippen molar-refractivity contribution in [2.24, 2.45) is 0 Å². The molecule has 0 fully saturated rings. The third-order valence-corrected chi connectivity index (χ3v) is 4.64. The van der Waals surface area contributed by atoms with Crippen molar-refractivity contribution in [1.29, 1.82) is 0 Å². The van der Waals surface area contributed by atoms with E-state index >= 15 is 0 Å². The second kappa shape index (κ2) is 8.08. The Kier molecular flexibility index (Phi) is 6.12. The van der Waals surface area contributed by atoms with E-state index in [0.717, 1.165) is 22.0 Å². The zero-order valence-electron chi connectivity index (χ0n) is 13.7. The number of nitrogens with zero attached hydrogens (tertiary/aromatic N) is 2. The third kappa shape index (κ3) is 4.09. The van der Waals surface area contributed by atoms with Crippen molar-refractivity contribution in [3.63, 3.8) is 0 Å². The number of carbonyl (C=O) groups excluding carboxylic acids is 1. The Morgan fingerprint density at radius 3 is 2.57 bits per heavy atom. The summed E-state index contributed by atoms with van der Waals surface area (Å²) in [4.78, 5) is 19.3. The molecule has 1 aromatic carbocycles. The van der Waals surface area contributed by atoms with Crippen LogP contribution in [0.1, 0.15) is 29.2 Å². The highest BCUT2D eigenvalue weighted by molar-refractivity contribution is 7.17. The fourth-order valence-corrected chi connectivity index (χ4v) is 3.29. The van der Waals surface area contributed by atoms with Crippen LogP contribution in [0.4, 0.5) is 0 Å². The number of hydrogen-bond acceptors (Lipinski definition) is 5. The zero-order valence-corrected chi connectivity index (χ0v) is 14.5. The number of hydrogen-bond donors (Lipinski definition) is 1. The minimum absolute atomic E-state index is 0.0385. The van der Waals surface area contributed by atoms with Crippen LogP contribution in [0.2, 0.25) is 0 Å². The largest absolute Gasteiger partial charge is 0.494 e. The zero-order chi connectivity index (χ0) is 16.8. The number of aryl methyl sites for hydroxylation is 1. The van der Waals surface area contributed by atoms with Gasteiger partial charge in [0.25, 0.3) is 5.91 Å². The molecule has 0 spiro atoms. The highest BCUT2D eigenvalue weighted by atomic mass is 32.1. The molecule has 1 heterocycles. The number of aliphatic hydroxyl groups is 1. The Bertz CT molecular complexity index is 652. The van der Waals surface area contributed by atoms with E-state index in [0.29, 0.717) is 24.6 Å². The number of ether oxygens (including phenoxy) is 1. The number of rotatable bonds is 7. The van der Waals surface area contributed by atoms with Crippen molar-refractivity contribution in [2.75, 3.05) is 26.3 Å². The average Bonchev–Trinajstić information content (AvgIpc) is 2.95. The van der Waals surface area contributed by atoms with E-state index in [9.17, 15) is 4.79 Å².